The van der Waals surface area contributed by atoms with Gasteiger partial charge in [0.15, 0.2) is 0 Å². The highest BCUT2D eigenvalue weighted by atomic mass is 15.2. The van der Waals surface area contributed by atoms with Gasteiger partial charge in [0, 0.05) is 18.4 Å². The third kappa shape index (κ3) is 2.87. The maximum atomic E-state index is 5.54. The van der Waals surface area contributed by atoms with Crippen molar-refractivity contribution in [2.24, 2.45) is 5.73 Å². The van der Waals surface area contributed by atoms with Gasteiger partial charge in [-0.3, -0.25) is 0 Å². The Morgan fingerprint density at radius 1 is 1.11 bits per heavy atom. The van der Waals surface area contributed by atoms with Crippen molar-refractivity contribution in [2.75, 3.05) is 18.0 Å². The lowest BCUT2D eigenvalue weighted by Gasteiger charge is -2.22. The molecule has 0 aliphatic rings. The topological polar surface area (TPSA) is 42.1 Å². The summed E-state index contributed by atoms with van der Waals surface area (Å²) in [6.45, 7) is 3.69. The summed E-state index contributed by atoms with van der Waals surface area (Å²) in [7, 11) is 0. The van der Waals surface area contributed by atoms with E-state index >= 15 is 0 Å². The minimum absolute atomic E-state index is 0.664. The number of rotatable bonds is 5. The molecule has 0 spiro atoms. The van der Waals surface area contributed by atoms with Crippen molar-refractivity contribution >= 4 is 11.5 Å². The lowest BCUT2D eigenvalue weighted by Crippen LogP contribution is -2.17. The summed E-state index contributed by atoms with van der Waals surface area (Å²) in [6, 6.07) is 14.5. The van der Waals surface area contributed by atoms with Crippen molar-refractivity contribution in [3.05, 3.63) is 54.2 Å². The molecule has 0 saturated carbocycles. The molecule has 0 aliphatic heterocycles. The molecule has 94 valence electrons. The minimum Gasteiger partial charge on any atom is -0.330 e. The molecule has 3 heteroatoms. The van der Waals surface area contributed by atoms with Gasteiger partial charge in [0.2, 0.25) is 0 Å². The molecule has 0 fully saturated rings. The third-order valence-electron chi connectivity index (χ3n) is 2.90. The van der Waals surface area contributed by atoms with Crippen LogP contribution in [0.1, 0.15) is 12.5 Å². The largest absolute Gasteiger partial charge is 0.330 e. The average Bonchev–Trinajstić information content (AvgIpc) is 2.43. The van der Waals surface area contributed by atoms with Crippen LogP contribution in [0, 0.1) is 0 Å². The lowest BCUT2D eigenvalue weighted by molar-refractivity contribution is 0.943. The normalized spacial score (nSPS) is 10.3. The molecular formula is C15H19N3. The number of nitrogens with two attached hydrogens (primary N) is 1. The zero-order valence-electron chi connectivity index (χ0n) is 10.7. The average molecular weight is 241 g/mol. The third-order valence-corrected chi connectivity index (χ3v) is 2.90. The van der Waals surface area contributed by atoms with E-state index < -0.39 is 0 Å². The van der Waals surface area contributed by atoms with Crippen molar-refractivity contribution in [1.29, 1.82) is 0 Å². The van der Waals surface area contributed by atoms with Gasteiger partial charge in [-0.05, 0) is 43.7 Å². The van der Waals surface area contributed by atoms with Gasteiger partial charge in [0.1, 0.15) is 5.82 Å². The molecule has 1 aromatic carbocycles. The first-order chi connectivity index (χ1) is 8.85. The fourth-order valence-electron chi connectivity index (χ4n) is 1.98. The van der Waals surface area contributed by atoms with E-state index in [2.05, 4.69) is 41.1 Å². The number of nitrogens with zero attached hydrogens (tertiary/aromatic N) is 2. The molecule has 3 nitrogen and oxygen atoms in total. The minimum atomic E-state index is 0.664. The summed E-state index contributed by atoms with van der Waals surface area (Å²) < 4.78 is 0. The molecule has 1 heterocycles. The predicted octanol–water partition coefficient (Wildman–Crippen LogP) is 2.74. The van der Waals surface area contributed by atoms with Crippen LogP contribution in [0.15, 0.2) is 48.7 Å². The molecule has 0 aliphatic carbocycles. The summed E-state index contributed by atoms with van der Waals surface area (Å²) in [4.78, 5) is 6.70. The fraction of sp³-hybridized carbons (Fsp3) is 0.267. The van der Waals surface area contributed by atoms with E-state index in [1.165, 1.54) is 11.3 Å². The van der Waals surface area contributed by atoms with Crippen molar-refractivity contribution in [2.45, 2.75) is 13.3 Å². The Balaban J connectivity index is 2.23. The maximum absolute atomic E-state index is 5.54. The van der Waals surface area contributed by atoms with Crippen LogP contribution in [-0.4, -0.2) is 18.1 Å². The second-order valence-corrected chi connectivity index (χ2v) is 4.14. The summed E-state index contributed by atoms with van der Waals surface area (Å²) in [5.41, 5.74) is 7.89. The zero-order chi connectivity index (χ0) is 12.8. The predicted molar refractivity (Wildman–Crippen MR) is 76.1 cm³/mol. The van der Waals surface area contributed by atoms with Crippen LogP contribution < -0.4 is 10.6 Å². The van der Waals surface area contributed by atoms with Gasteiger partial charge < -0.3 is 10.6 Å². The monoisotopic (exact) mass is 241 g/mol. The van der Waals surface area contributed by atoms with Crippen molar-refractivity contribution in [3.63, 3.8) is 0 Å². The van der Waals surface area contributed by atoms with Crippen LogP contribution in [0.2, 0.25) is 0 Å². The standard InChI is InChI=1S/C15H19N3/c1-2-18(14-6-4-3-5-7-14)15-9-8-13(10-11-16)12-17-15/h3-9,12H,2,10-11,16H2,1H3. The number of hydrogen-bond donors (Lipinski definition) is 1. The molecule has 0 bridgehead atoms. The molecule has 0 saturated heterocycles. The Labute approximate surface area is 108 Å². The van der Waals surface area contributed by atoms with Crippen LogP contribution in [0.25, 0.3) is 0 Å². The fourth-order valence-corrected chi connectivity index (χ4v) is 1.98. The van der Waals surface area contributed by atoms with Crippen LogP contribution >= 0.6 is 0 Å². The molecule has 2 N–H and O–H groups in total. The Bertz CT molecular complexity index is 465. The lowest BCUT2D eigenvalue weighted by atomic mass is 10.2. The molecule has 2 rings (SSSR count). The van der Waals surface area contributed by atoms with Crippen LogP contribution in [0.5, 0.6) is 0 Å². The quantitative estimate of drug-likeness (QED) is 0.875. The molecule has 0 atom stereocenters. The highest BCUT2D eigenvalue weighted by molar-refractivity contribution is 5.59. The van der Waals surface area contributed by atoms with E-state index in [1.807, 2.05) is 24.4 Å². The zero-order valence-corrected chi connectivity index (χ0v) is 10.7. The van der Waals surface area contributed by atoms with E-state index in [1.54, 1.807) is 0 Å². The van der Waals surface area contributed by atoms with Gasteiger partial charge in [0.25, 0.3) is 0 Å². The first-order valence-corrected chi connectivity index (χ1v) is 6.32. The molecule has 2 aromatic rings. The second-order valence-electron chi connectivity index (χ2n) is 4.14. The van der Waals surface area contributed by atoms with Crippen molar-refractivity contribution in [3.8, 4) is 0 Å². The Kier molecular flexibility index (Phi) is 4.31. The van der Waals surface area contributed by atoms with Crippen molar-refractivity contribution in [1.82, 2.24) is 4.98 Å². The van der Waals surface area contributed by atoms with E-state index in [-0.39, 0.29) is 0 Å². The van der Waals surface area contributed by atoms with Crippen molar-refractivity contribution < 1.29 is 0 Å². The Hall–Kier alpha value is -1.87. The van der Waals surface area contributed by atoms with E-state index in [9.17, 15) is 0 Å². The molecule has 0 amide bonds. The van der Waals surface area contributed by atoms with Gasteiger partial charge in [0.05, 0.1) is 0 Å². The number of hydrogen-bond acceptors (Lipinski definition) is 3. The van der Waals surface area contributed by atoms with Gasteiger partial charge in [-0.1, -0.05) is 24.3 Å². The molecule has 18 heavy (non-hydrogen) atoms. The Morgan fingerprint density at radius 3 is 2.44 bits per heavy atom. The SMILES string of the molecule is CCN(c1ccccc1)c1ccc(CCN)cn1. The summed E-state index contributed by atoms with van der Waals surface area (Å²) in [5, 5.41) is 0. The molecule has 0 unspecified atom stereocenters. The second kappa shape index (κ2) is 6.17. The highest BCUT2D eigenvalue weighted by Crippen LogP contribution is 2.22. The van der Waals surface area contributed by atoms with Crippen LogP contribution in [0.3, 0.4) is 0 Å². The number of aromatic nitrogens is 1. The van der Waals surface area contributed by atoms with E-state index in [0.29, 0.717) is 6.54 Å². The summed E-state index contributed by atoms with van der Waals surface area (Å²) >= 11 is 0. The van der Waals surface area contributed by atoms with Gasteiger partial charge >= 0.3 is 0 Å². The highest BCUT2D eigenvalue weighted by Gasteiger charge is 2.07. The molecular weight excluding hydrogens is 222 g/mol. The van der Waals surface area contributed by atoms with E-state index in [4.69, 9.17) is 5.73 Å². The molecule has 0 radical (unpaired) electrons. The van der Waals surface area contributed by atoms with Gasteiger partial charge in [-0.2, -0.15) is 0 Å². The number of anilines is 2. The first-order valence-electron chi connectivity index (χ1n) is 6.32. The van der Waals surface area contributed by atoms with Crippen LogP contribution in [0.4, 0.5) is 11.5 Å². The molecule has 1 aromatic heterocycles. The number of benzene rings is 1. The first kappa shape index (κ1) is 12.6. The number of pyridine rings is 1. The summed E-state index contributed by atoms with van der Waals surface area (Å²) in [6.07, 6.45) is 2.79. The summed E-state index contributed by atoms with van der Waals surface area (Å²) in [5.74, 6) is 0.976. The smallest absolute Gasteiger partial charge is 0.132 e. The number of para-hydroxylation sites is 1. The maximum Gasteiger partial charge on any atom is 0.132 e. The van der Waals surface area contributed by atoms with Crippen LogP contribution in [-0.2, 0) is 6.42 Å². The van der Waals surface area contributed by atoms with Gasteiger partial charge in [-0.15, -0.1) is 0 Å². The Morgan fingerprint density at radius 2 is 1.89 bits per heavy atom. The van der Waals surface area contributed by atoms with E-state index in [0.717, 1.165) is 18.8 Å². The van der Waals surface area contributed by atoms with Gasteiger partial charge in [-0.25, -0.2) is 4.98 Å².